The first kappa shape index (κ1) is 10.5. The van der Waals surface area contributed by atoms with Crippen molar-refractivity contribution in [3.63, 3.8) is 0 Å². The minimum absolute atomic E-state index is 0.566. The summed E-state index contributed by atoms with van der Waals surface area (Å²) in [4.78, 5) is 0. The molecule has 0 aliphatic rings. The van der Waals surface area contributed by atoms with Crippen LogP contribution in [0.3, 0.4) is 0 Å². The van der Waals surface area contributed by atoms with Crippen LogP contribution >= 0.6 is 0 Å². The predicted octanol–water partition coefficient (Wildman–Crippen LogP) is 0.922. The van der Waals surface area contributed by atoms with Crippen LogP contribution in [0.15, 0.2) is 0 Å². The highest BCUT2D eigenvalue weighted by Gasteiger charge is 2.14. The molecule has 0 heterocycles. The lowest BCUT2D eigenvalue weighted by Gasteiger charge is -2.14. The van der Waals surface area contributed by atoms with Crippen molar-refractivity contribution in [2.24, 2.45) is 0 Å². The summed E-state index contributed by atoms with van der Waals surface area (Å²) < 4.78 is 0. The molecule has 2 N–H and O–H groups in total. The molecular formula is C9H16O2. The standard InChI is InChI=1S/C9H16O2/c1-5-9(4,11)7-6-8(2,3)10/h10-11H,5H2,1-4H3. The Morgan fingerprint density at radius 3 is 1.82 bits per heavy atom. The van der Waals surface area contributed by atoms with Crippen molar-refractivity contribution in [1.29, 1.82) is 0 Å². The highest BCUT2D eigenvalue weighted by Crippen LogP contribution is 2.07. The summed E-state index contributed by atoms with van der Waals surface area (Å²) >= 11 is 0. The van der Waals surface area contributed by atoms with Crippen LogP contribution in [0.25, 0.3) is 0 Å². The Balaban J connectivity index is 4.29. The Morgan fingerprint density at radius 2 is 1.55 bits per heavy atom. The van der Waals surface area contributed by atoms with Gasteiger partial charge in [0.25, 0.3) is 0 Å². The normalized spacial score (nSPS) is 16.5. The zero-order valence-corrected chi connectivity index (χ0v) is 7.60. The molecule has 0 saturated heterocycles. The van der Waals surface area contributed by atoms with E-state index >= 15 is 0 Å². The molecule has 0 fully saturated rings. The lowest BCUT2D eigenvalue weighted by atomic mass is 10.0. The van der Waals surface area contributed by atoms with E-state index in [4.69, 9.17) is 0 Å². The van der Waals surface area contributed by atoms with E-state index in [9.17, 15) is 10.2 Å². The van der Waals surface area contributed by atoms with E-state index < -0.39 is 11.2 Å². The Labute approximate surface area is 68.2 Å². The zero-order valence-electron chi connectivity index (χ0n) is 7.60. The van der Waals surface area contributed by atoms with Crippen molar-refractivity contribution in [2.45, 2.75) is 45.3 Å². The van der Waals surface area contributed by atoms with Gasteiger partial charge in [-0.05, 0) is 27.2 Å². The van der Waals surface area contributed by atoms with Crippen molar-refractivity contribution in [3.8, 4) is 11.8 Å². The lowest BCUT2D eigenvalue weighted by Crippen LogP contribution is -2.22. The second-order valence-corrected chi connectivity index (χ2v) is 3.44. The molecule has 0 aromatic rings. The van der Waals surface area contributed by atoms with Gasteiger partial charge in [0.1, 0.15) is 11.2 Å². The molecule has 11 heavy (non-hydrogen) atoms. The fraction of sp³-hybridized carbons (Fsp3) is 0.778. The van der Waals surface area contributed by atoms with E-state index in [1.807, 2.05) is 6.92 Å². The molecule has 0 aromatic heterocycles. The van der Waals surface area contributed by atoms with E-state index in [0.717, 1.165) is 0 Å². The predicted molar refractivity (Wildman–Crippen MR) is 45.0 cm³/mol. The molecular weight excluding hydrogens is 140 g/mol. The molecule has 1 unspecified atom stereocenters. The summed E-state index contributed by atoms with van der Waals surface area (Å²) in [6.07, 6.45) is 0.566. The van der Waals surface area contributed by atoms with Gasteiger partial charge in [0.15, 0.2) is 0 Å². The van der Waals surface area contributed by atoms with Crippen LogP contribution in [0.4, 0.5) is 0 Å². The number of hydrogen-bond acceptors (Lipinski definition) is 2. The van der Waals surface area contributed by atoms with Gasteiger partial charge in [-0.15, -0.1) is 0 Å². The second kappa shape index (κ2) is 3.25. The van der Waals surface area contributed by atoms with Crippen molar-refractivity contribution < 1.29 is 10.2 Å². The molecule has 1 atom stereocenters. The fourth-order valence-corrected chi connectivity index (χ4v) is 0.376. The minimum Gasteiger partial charge on any atom is -0.378 e. The third-order valence-corrected chi connectivity index (χ3v) is 1.33. The average molecular weight is 156 g/mol. The molecule has 2 nitrogen and oxygen atoms in total. The van der Waals surface area contributed by atoms with Crippen LogP contribution in [0.1, 0.15) is 34.1 Å². The first-order valence-corrected chi connectivity index (χ1v) is 3.76. The molecule has 0 saturated carbocycles. The van der Waals surface area contributed by atoms with Crippen LogP contribution in [-0.4, -0.2) is 21.4 Å². The lowest BCUT2D eigenvalue weighted by molar-refractivity contribution is 0.113. The van der Waals surface area contributed by atoms with Gasteiger partial charge in [0, 0.05) is 0 Å². The molecule has 0 aliphatic heterocycles. The van der Waals surface area contributed by atoms with E-state index in [0.29, 0.717) is 6.42 Å². The topological polar surface area (TPSA) is 40.5 Å². The molecule has 64 valence electrons. The quantitative estimate of drug-likeness (QED) is 0.554. The highest BCUT2D eigenvalue weighted by atomic mass is 16.3. The molecule has 0 aromatic carbocycles. The van der Waals surface area contributed by atoms with Gasteiger partial charge in [-0.3, -0.25) is 0 Å². The summed E-state index contributed by atoms with van der Waals surface area (Å²) in [6.45, 7) is 6.66. The third-order valence-electron chi connectivity index (χ3n) is 1.33. The first-order valence-electron chi connectivity index (χ1n) is 3.76. The molecule has 0 aliphatic carbocycles. The third kappa shape index (κ3) is 5.90. The maximum absolute atomic E-state index is 9.40. The molecule has 0 spiro atoms. The molecule has 0 rings (SSSR count). The smallest absolute Gasteiger partial charge is 0.122 e. The van der Waals surface area contributed by atoms with Gasteiger partial charge < -0.3 is 10.2 Å². The number of aliphatic hydroxyl groups is 2. The SMILES string of the molecule is CCC(C)(O)C#CC(C)(C)O. The van der Waals surface area contributed by atoms with Crippen molar-refractivity contribution in [1.82, 2.24) is 0 Å². The minimum atomic E-state index is -1.01. The van der Waals surface area contributed by atoms with Crippen molar-refractivity contribution >= 4 is 0 Å². The van der Waals surface area contributed by atoms with Gasteiger partial charge in [-0.25, -0.2) is 0 Å². The van der Waals surface area contributed by atoms with E-state index in [2.05, 4.69) is 11.8 Å². The fourth-order valence-electron chi connectivity index (χ4n) is 0.376. The Kier molecular flexibility index (Phi) is 3.10. The Bertz CT molecular complexity index is 176. The monoisotopic (exact) mass is 156 g/mol. The number of hydrogen-bond donors (Lipinski definition) is 2. The summed E-state index contributed by atoms with van der Waals surface area (Å²) in [7, 11) is 0. The first-order chi connectivity index (χ1) is 4.77. The Hall–Kier alpha value is -0.520. The van der Waals surface area contributed by atoms with Gasteiger partial charge in [-0.1, -0.05) is 18.8 Å². The summed E-state index contributed by atoms with van der Waals surface area (Å²) in [5.41, 5.74) is -1.99. The van der Waals surface area contributed by atoms with E-state index in [1.165, 1.54) is 0 Å². The zero-order chi connectivity index (χ0) is 9.12. The largest absolute Gasteiger partial charge is 0.378 e. The van der Waals surface area contributed by atoms with Crippen LogP contribution in [0.5, 0.6) is 0 Å². The summed E-state index contributed by atoms with van der Waals surface area (Å²) in [5.74, 6) is 5.17. The summed E-state index contributed by atoms with van der Waals surface area (Å²) in [5, 5.41) is 18.6. The van der Waals surface area contributed by atoms with Crippen LogP contribution < -0.4 is 0 Å². The maximum Gasteiger partial charge on any atom is 0.122 e. The van der Waals surface area contributed by atoms with Crippen LogP contribution in [0.2, 0.25) is 0 Å². The maximum atomic E-state index is 9.40. The van der Waals surface area contributed by atoms with Gasteiger partial charge >= 0.3 is 0 Å². The number of rotatable bonds is 1. The second-order valence-electron chi connectivity index (χ2n) is 3.44. The molecule has 0 radical (unpaired) electrons. The van der Waals surface area contributed by atoms with E-state index in [-0.39, 0.29) is 0 Å². The molecule has 0 bridgehead atoms. The van der Waals surface area contributed by atoms with E-state index in [1.54, 1.807) is 20.8 Å². The van der Waals surface area contributed by atoms with Crippen molar-refractivity contribution in [2.75, 3.05) is 0 Å². The highest BCUT2D eigenvalue weighted by molar-refractivity contribution is 5.17. The van der Waals surface area contributed by atoms with Crippen LogP contribution in [-0.2, 0) is 0 Å². The van der Waals surface area contributed by atoms with Crippen molar-refractivity contribution in [3.05, 3.63) is 0 Å². The van der Waals surface area contributed by atoms with Gasteiger partial charge in [0.2, 0.25) is 0 Å². The Morgan fingerprint density at radius 1 is 1.09 bits per heavy atom. The summed E-state index contributed by atoms with van der Waals surface area (Å²) in [6, 6.07) is 0. The van der Waals surface area contributed by atoms with Crippen LogP contribution in [0, 0.1) is 11.8 Å². The molecule has 2 heteroatoms. The average Bonchev–Trinajstić information content (AvgIpc) is 1.83. The molecule has 0 amide bonds. The van der Waals surface area contributed by atoms with Gasteiger partial charge in [-0.2, -0.15) is 0 Å². The van der Waals surface area contributed by atoms with Gasteiger partial charge in [0.05, 0.1) is 0 Å².